The Morgan fingerprint density at radius 2 is 1.57 bits per heavy atom. The predicted molar refractivity (Wildman–Crippen MR) is 89.2 cm³/mol. The lowest BCUT2D eigenvalue weighted by Crippen LogP contribution is -2.04. The first-order valence-corrected chi connectivity index (χ1v) is 7.37. The fraction of sp³-hybridized carbons (Fsp3) is 0.222. The predicted octanol–water partition coefficient (Wildman–Crippen LogP) is 3.57. The van der Waals surface area contributed by atoms with Crippen LogP contribution in [0.15, 0.2) is 36.5 Å². The highest BCUT2D eigenvalue weighted by atomic mass is 16.5. The molecule has 0 aliphatic carbocycles. The number of aromatic nitrogens is 3. The molecule has 0 aliphatic rings. The standard InChI is InChI=1S/C18H19N3O2/c1-11-12(2)20-18(13(3)19-11)21-10-15(9-17(21)22)14-5-7-16(23-4)8-6-14/h5-10,22H,1-4H3. The summed E-state index contributed by atoms with van der Waals surface area (Å²) in [6, 6.07) is 9.42. The number of benzene rings is 1. The van der Waals surface area contributed by atoms with Crippen molar-refractivity contribution >= 4 is 0 Å². The summed E-state index contributed by atoms with van der Waals surface area (Å²) in [4.78, 5) is 9.04. The van der Waals surface area contributed by atoms with E-state index in [4.69, 9.17) is 4.74 Å². The van der Waals surface area contributed by atoms with Crippen molar-refractivity contribution in [3.05, 3.63) is 53.6 Å². The molecule has 0 aliphatic heterocycles. The molecule has 5 heteroatoms. The molecule has 118 valence electrons. The number of nitrogens with zero attached hydrogens (tertiary/aromatic N) is 3. The monoisotopic (exact) mass is 309 g/mol. The maximum atomic E-state index is 10.3. The third-order valence-corrected chi connectivity index (χ3v) is 3.91. The van der Waals surface area contributed by atoms with Gasteiger partial charge in [-0.05, 0) is 38.5 Å². The van der Waals surface area contributed by atoms with Gasteiger partial charge in [0.25, 0.3) is 0 Å². The molecule has 5 nitrogen and oxygen atoms in total. The van der Waals surface area contributed by atoms with E-state index < -0.39 is 0 Å². The lowest BCUT2D eigenvalue weighted by molar-refractivity contribution is 0.415. The maximum absolute atomic E-state index is 10.3. The fourth-order valence-corrected chi connectivity index (χ4v) is 2.49. The molecule has 0 fully saturated rings. The molecule has 0 bridgehead atoms. The Labute approximate surface area is 135 Å². The van der Waals surface area contributed by atoms with Crippen LogP contribution in [0.1, 0.15) is 17.1 Å². The average Bonchev–Trinajstić information content (AvgIpc) is 2.93. The first-order chi connectivity index (χ1) is 11.0. The van der Waals surface area contributed by atoms with Crippen LogP contribution < -0.4 is 4.74 Å². The SMILES string of the molecule is COc1ccc(-c2cc(O)n(-c3nc(C)c(C)nc3C)c2)cc1. The highest BCUT2D eigenvalue weighted by Gasteiger charge is 2.13. The molecule has 3 rings (SSSR count). The van der Waals surface area contributed by atoms with Gasteiger partial charge < -0.3 is 9.84 Å². The van der Waals surface area contributed by atoms with Gasteiger partial charge in [0, 0.05) is 17.8 Å². The first kappa shape index (κ1) is 15.1. The third kappa shape index (κ3) is 2.77. The Kier molecular flexibility index (Phi) is 3.78. The zero-order chi connectivity index (χ0) is 16.6. The van der Waals surface area contributed by atoms with E-state index in [0.717, 1.165) is 34.0 Å². The molecule has 0 amide bonds. The van der Waals surface area contributed by atoms with Gasteiger partial charge in [0.05, 0.1) is 24.2 Å². The van der Waals surface area contributed by atoms with Gasteiger partial charge in [0.2, 0.25) is 0 Å². The number of hydrogen-bond donors (Lipinski definition) is 1. The highest BCUT2D eigenvalue weighted by Crippen LogP contribution is 2.30. The van der Waals surface area contributed by atoms with Crippen LogP contribution in [0.5, 0.6) is 11.6 Å². The minimum Gasteiger partial charge on any atom is -0.497 e. The molecular weight excluding hydrogens is 290 g/mol. The quantitative estimate of drug-likeness (QED) is 0.803. The van der Waals surface area contributed by atoms with Crippen LogP contribution in [-0.4, -0.2) is 26.8 Å². The normalized spacial score (nSPS) is 10.8. The number of rotatable bonds is 3. The second kappa shape index (κ2) is 5.76. The number of ether oxygens (including phenoxy) is 1. The van der Waals surface area contributed by atoms with Gasteiger partial charge in [-0.15, -0.1) is 0 Å². The van der Waals surface area contributed by atoms with Crippen LogP contribution >= 0.6 is 0 Å². The molecule has 3 aromatic rings. The van der Waals surface area contributed by atoms with Crippen molar-refractivity contribution in [3.8, 4) is 28.6 Å². The Balaban J connectivity index is 2.06. The van der Waals surface area contributed by atoms with Gasteiger partial charge in [0.15, 0.2) is 11.7 Å². The Hall–Kier alpha value is -2.82. The summed E-state index contributed by atoms with van der Waals surface area (Å²) in [5.74, 6) is 1.58. The van der Waals surface area contributed by atoms with Crippen molar-refractivity contribution in [2.24, 2.45) is 0 Å². The number of hydrogen-bond acceptors (Lipinski definition) is 4. The van der Waals surface area contributed by atoms with E-state index in [-0.39, 0.29) is 5.88 Å². The van der Waals surface area contributed by atoms with E-state index in [9.17, 15) is 5.11 Å². The number of aromatic hydroxyl groups is 1. The number of methoxy groups -OCH3 is 1. The molecule has 1 aromatic carbocycles. The molecule has 1 N–H and O–H groups in total. The summed E-state index contributed by atoms with van der Waals surface area (Å²) in [6.07, 6.45) is 1.86. The summed E-state index contributed by atoms with van der Waals surface area (Å²) in [5, 5.41) is 10.3. The smallest absolute Gasteiger partial charge is 0.197 e. The largest absolute Gasteiger partial charge is 0.497 e. The van der Waals surface area contributed by atoms with Crippen LogP contribution in [0.4, 0.5) is 0 Å². The van der Waals surface area contributed by atoms with Crippen molar-refractivity contribution in [2.45, 2.75) is 20.8 Å². The van der Waals surface area contributed by atoms with Crippen molar-refractivity contribution in [3.63, 3.8) is 0 Å². The molecule has 2 heterocycles. The van der Waals surface area contributed by atoms with Crippen LogP contribution in [0.25, 0.3) is 16.9 Å². The second-order valence-corrected chi connectivity index (χ2v) is 5.49. The van der Waals surface area contributed by atoms with Gasteiger partial charge in [-0.3, -0.25) is 9.55 Å². The van der Waals surface area contributed by atoms with Gasteiger partial charge >= 0.3 is 0 Å². The van der Waals surface area contributed by atoms with E-state index >= 15 is 0 Å². The van der Waals surface area contributed by atoms with Crippen LogP contribution in [0.3, 0.4) is 0 Å². The van der Waals surface area contributed by atoms with Crippen LogP contribution in [0, 0.1) is 20.8 Å². The average molecular weight is 309 g/mol. The molecule has 0 spiro atoms. The molecule has 0 radical (unpaired) electrons. The minimum atomic E-state index is 0.136. The van der Waals surface area contributed by atoms with Crippen molar-refractivity contribution in [1.29, 1.82) is 0 Å². The zero-order valence-corrected chi connectivity index (χ0v) is 13.7. The van der Waals surface area contributed by atoms with E-state index in [0.29, 0.717) is 5.82 Å². The van der Waals surface area contributed by atoms with Crippen LogP contribution in [0.2, 0.25) is 0 Å². The molecule has 0 saturated heterocycles. The zero-order valence-electron chi connectivity index (χ0n) is 13.7. The van der Waals surface area contributed by atoms with Crippen molar-refractivity contribution in [1.82, 2.24) is 14.5 Å². The van der Waals surface area contributed by atoms with E-state index in [1.165, 1.54) is 0 Å². The molecule has 0 atom stereocenters. The summed E-state index contributed by atoms with van der Waals surface area (Å²) < 4.78 is 6.83. The summed E-state index contributed by atoms with van der Waals surface area (Å²) in [7, 11) is 1.64. The Morgan fingerprint density at radius 1 is 0.913 bits per heavy atom. The van der Waals surface area contributed by atoms with E-state index in [1.807, 2.05) is 51.2 Å². The van der Waals surface area contributed by atoms with E-state index in [2.05, 4.69) is 9.97 Å². The fourth-order valence-electron chi connectivity index (χ4n) is 2.49. The lowest BCUT2D eigenvalue weighted by atomic mass is 10.1. The lowest BCUT2D eigenvalue weighted by Gasteiger charge is -2.09. The summed E-state index contributed by atoms with van der Waals surface area (Å²) in [5.41, 5.74) is 4.43. The summed E-state index contributed by atoms with van der Waals surface area (Å²) >= 11 is 0. The molecular formula is C18H19N3O2. The third-order valence-electron chi connectivity index (χ3n) is 3.91. The van der Waals surface area contributed by atoms with E-state index in [1.54, 1.807) is 17.7 Å². The van der Waals surface area contributed by atoms with Gasteiger partial charge in [-0.1, -0.05) is 12.1 Å². The highest BCUT2D eigenvalue weighted by molar-refractivity contribution is 5.66. The topological polar surface area (TPSA) is 60.2 Å². The molecule has 0 saturated carbocycles. The van der Waals surface area contributed by atoms with Crippen LogP contribution in [-0.2, 0) is 0 Å². The Bertz CT molecular complexity index is 851. The molecule has 0 unspecified atom stereocenters. The van der Waals surface area contributed by atoms with Crippen molar-refractivity contribution in [2.75, 3.05) is 7.11 Å². The maximum Gasteiger partial charge on any atom is 0.197 e. The number of aryl methyl sites for hydroxylation is 3. The van der Waals surface area contributed by atoms with Gasteiger partial charge in [-0.25, -0.2) is 4.98 Å². The van der Waals surface area contributed by atoms with Crippen molar-refractivity contribution < 1.29 is 9.84 Å². The Morgan fingerprint density at radius 3 is 2.22 bits per heavy atom. The summed E-state index contributed by atoms with van der Waals surface area (Å²) in [6.45, 7) is 5.73. The molecule has 2 aromatic heterocycles. The second-order valence-electron chi connectivity index (χ2n) is 5.49. The van der Waals surface area contributed by atoms with Gasteiger partial charge in [-0.2, -0.15) is 0 Å². The minimum absolute atomic E-state index is 0.136. The first-order valence-electron chi connectivity index (χ1n) is 7.37. The molecule has 23 heavy (non-hydrogen) atoms. The van der Waals surface area contributed by atoms with Gasteiger partial charge in [0.1, 0.15) is 5.75 Å².